The molecule has 0 bridgehead atoms. The van der Waals surface area contributed by atoms with Crippen molar-refractivity contribution in [3.05, 3.63) is 29.8 Å². The number of amides is 3. The highest BCUT2D eigenvalue weighted by atomic mass is 16.2. The summed E-state index contributed by atoms with van der Waals surface area (Å²) in [5, 5.41) is 5.75. The van der Waals surface area contributed by atoms with E-state index in [9.17, 15) is 14.4 Å². The third-order valence-corrected chi connectivity index (χ3v) is 4.58. The zero-order valence-corrected chi connectivity index (χ0v) is 14.4. The molecule has 0 atom stereocenters. The Hall–Kier alpha value is -2.37. The lowest BCUT2D eigenvalue weighted by Gasteiger charge is -2.16. The molecule has 134 valence electrons. The van der Waals surface area contributed by atoms with Crippen LogP contribution in [0.1, 0.15) is 44.1 Å². The molecule has 25 heavy (non-hydrogen) atoms. The smallest absolute Gasteiger partial charge is 0.224 e. The second kappa shape index (κ2) is 8.14. The third kappa shape index (κ3) is 5.31. The van der Waals surface area contributed by atoms with Crippen LogP contribution in [0.2, 0.25) is 0 Å². The van der Waals surface area contributed by atoms with E-state index in [1.807, 2.05) is 29.2 Å². The van der Waals surface area contributed by atoms with E-state index in [4.69, 9.17) is 0 Å². The van der Waals surface area contributed by atoms with Crippen LogP contribution < -0.4 is 10.6 Å². The monoisotopic (exact) mass is 343 g/mol. The van der Waals surface area contributed by atoms with Gasteiger partial charge in [-0.3, -0.25) is 14.4 Å². The summed E-state index contributed by atoms with van der Waals surface area (Å²) in [4.78, 5) is 37.1. The van der Waals surface area contributed by atoms with Crippen LogP contribution >= 0.6 is 0 Å². The molecule has 2 aliphatic rings. The Labute approximate surface area is 148 Å². The molecule has 1 aromatic carbocycles. The third-order valence-electron chi connectivity index (χ3n) is 4.58. The van der Waals surface area contributed by atoms with Crippen molar-refractivity contribution in [1.29, 1.82) is 0 Å². The lowest BCUT2D eigenvalue weighted by Crippen LogP contribution is -2.26. The quantitative estimate of drug-likeness (QED) is 0.709. The first kappa shape index (κ1) is 17.5. The number of hydrogen-bond acceptors (Lipinski definition) is 3. The van der Waals surface area contributed by atoms with Crippen LogP contribution in [0.3, 0.4) is 0 Å². The summed E-state index contributed by atoms with van der Waals surface area (Å²) in [6.07, 6.45) is 4.55. The van der Waals surface area contributed by atoms with E-state index in [0.717, 1.165) is 37.1 Å². The second-order valence-electron chi connectivity index (χ2n) is 6.84. The summed E-state index contributed by atoms with van der Waals surface area (Å²) in [6, 6.07) is 7.62. The molecule has 0 aromatic heterocycles. The summed E-state index contributed by atoms with van der Waals surface area (Å²) in [5.74, 6) is 0.460. The maximum Gasteiger partial charge on any atom is 0.224 e. The highest BCUT2D eigenvalue weighted by molar-refractivity contribution is 5.90. The Morgan fingerprint density at radius 3 is 2.80 bits per heavy atom. The van der Waals surface area contributed by atoms with Gasteiger partial charge in [0.1, 0.15) is 0 Å². The summed E-state index contributed by atoms with van der Waals surface area (Å²) in [5.41, 5.74) is 1.76. The minimum atomic E-state index is -0.0601. The largest absolute Gasteiger partial charge is 0.356 e. The summed E-state index contributed by atoms with van der Waals surface area (Å²) in [7, 11) is 0. The standard InChI is InChI=1S/C19H25N3O3/c23-17(6-2-10-20-19(25)15-8-9-15)21-16-5-1-4-14(12-16)13-22-11-3-7-18(22)24/h1,4-5,12,15H,2-3,6-11,13H2,(H,20,25)(H,21,23). The predicted octanol–water partition coefficient (Wildman–Crippen LogP) is 2.05. The Morgan fingerprint density at radius 2 is 2.08 bits per heavy atom. The lowest BCUT2D eigenvalue weighted by atomic mass is 10.2. The molecule has 2 N–H and O–H groups in total. The topological polar surface area (TPSA) is 78.5 Å². The Kier molecular flexibility index (Phi) is 5.68. The molecule has 1 aliphatic carbocycles. The number of benzene rings is 1. The normalized spacial score (nSPS) is 16.8. The van der Waals surface area contributed by atoms with Gasteiger partial charge in [0.2, 0.25) is 17.7 Å². The maximum absolute atomic E-state index is 12.0. The summed E-state index contributed by atoms with van der Waals surface area (Å²) >= 11 is 0. The fraction of sp³-hybridized carbons (Fsp3) is 0.526. The number of nitrogens with zero attached hydrogens (tertiary/aromatic N) is 1. The predicted molar refractivity (Wildman–Crippen MR) is 94.7 cm³/mol. The van der Waals surface area contributed by atoms with Crippen molar-refractivity contribution < 1.29 is 14.4 Å². The Bertz CT molecular complexity index is 655. The SMILES string of the molecule is O=C(CCCNC(=O)C1CC1)Nc1cccc(CN2CCCC2=O)c1. The van der Waals surface area contributed by atoms with Crippen molar-refractivity contribution >= 4 is 23.4 Å². The van der Waals surface area contributed by atoms with E-state index < -0.39 is 0 Å². The first-order chi connectivity index (χ1) is 12.1. The van der Waals surface area contributed by atoms with Gasteiger partial charge >= 0.3 is 0 Å². The Balaban J connectivity index is 1.40. The molecule has 1 aliphatic heterocycles. The van der Waals surface area contributed by atoms with Gasteiger partial charge in [-0.25, -0.2) is 0 Å². The summed E-state index contributed by atoms with van der Waals surface area (Å²) in [6.45, 7) is 1.94. The average Bonchev–Trinajstić information content (AvgIpc) is 3.36. The molecule has 1 saturated carbocycles. The number of likely N-dealkylation sites (tertiary alicyclic amines) is 1. The van der Waals surface area contributed by atoms with Crippen LogP contribution in [-0.2, 0) is 20.9 Å². The first-order valence-electron chi connectivity index (χ1n) is 9.06. The van der Waals surface area contributed by atoms with Crippen LogP contribution in [0.25, 0.3) is 0 Å². The van der Waals surface area contributed by atoms with Crippen molar-refractivity contribution in [2.75, 3.05) is 18.4 Å². The highest BCUT2D eigenvalue weighted by Crippen LogP contribution is 2.28. The van der Waals surface area contributed by atoms with Gasteiger partial charge in [0, 0.05) is 44.1 Å². The molecule has 1 saturated heterocycles. The lowest BCUT2D eigenvalue weighted by molar-refractivity contribution is -0.128. The molecular weight excluding hydrogens is 318 g/mol. The van der Waals surface area contributed by atoms with Crippen LogP contribution in [0, 0.1) is 5.92 Å². The number of anilines is 1. The van der Waals surface area contributed by atoms with Gasteiger partial charge in [0.05, 0.1) is 0 Å². The van der Waals surface area contributed by atoms with Gasteiger partial charge in [0.25, 0.3) is 0 Å². The van der Waals surface area contributed by atoms with Crippen molar-refractivity contribution in [3.63, 3.8) is 0 Å². The van der Waals surface area contributed by atoms with Crippen molar-refractivity contribution in [2.45, 2.75) is 45.1 Å². The number of hydrogen-bond donors (Lipinski definition) is 2. The first-order valence-corrected chi connectivity index (χ1v) is 9.06. The van der Waals surface area contributed by atoms with Gasteiger partial charge in [-0.15, -0.1) is 0 Å². The van der Waals surface area contributed by atoms with E-state index in [1.54, 1.807) is 0 Å². The maximum atomic E-state index is 12.0. The zero-order valence-electron chi connectivity index (χ0n) is 14.4. The highest BCUT2D eigenvalue weighted by Gasteiger charge is 2.29. The van der Waals surface area contributed by atoms with Crippen molar-refractivity contribution in [1.82, 2.24) is 10.2 Å². The van der Waals surface area contributed by atoms with Gasteiger partial charge < -0.3 is 15.5 Å². The van der Waals surface area contributed by atoms with E-state index in [2.05, 4.69) is 10.6 Å². The average molecular weight is 343 g/mol. The zero-order chi connectivity index (χ0) is 17.6. The number of carbonyl (C=O) groups excluding carboxylic acids is 3. The van der Waals surface area contributed by atoms with Gasteiger partial charge in [-0.1, -0.05) is 12.1 Å². The van der Waals surface area contributed by atoms with Crippen LogP contribution in [0.15, 0.2) is 24.3 Å². The van der Waals surface area contributed by atoms with E-state index in [0.29, 0.717) is 32.4 Å². The van der Waals surface area contributed by atoms with E-state index >= 15 is 0 Å². The van der Waals surface area contributed by atoms with E-state index in [1.165, 1.54) is 0 Å². The molecule has 0 spiro atoms. The van der Waals surface area contributed by atoms with Gasteiger partial charge in [0.15, 0.2) is 0 Å². The van der Waals surface area contributed by atoms with E-state index in [-0.39, 0.29) is 23.6 Å². The second-order valence-corrected chi connectivity index (χ2v) is 6.84. The number of nitrogens with one attached hydrogen (secondary N) is 2. The fourth-order valence-electron chi connectivity index (χ4n) is 3.01. The molecule has 6 heteroatoms. The van der Waals surface area contributed by atoms with Gasteiger partial charge in [-0.05, 0) is 43.4 Å². The van der Waals surface area contributed by atoms with Crippen LogP contribution in [-0.4, -0.2) is 35.7 Å². The molecule has 0 radical (unpaired) electrons. The molecular formula is C19H25N3O3. The van der Waals surface area contributed by atoms with Gasteiger partial charge in [-0.2, -0.15) is 0 Å². The molecule has 6 nitrogen and oxygen atoms in total. The number of rotatable bonds is 8. The van der Waals surface area contributed by atoms with Crippen LogP contribution in [0.5, 0.6) is 0 Å². The molecule has 3 rings (SSSR count). The molecule has 3 amide bonds. The molecule has 1 heterocycles. The number of carbonyl (C=O) groups is 3. The molecule has 2 fully saturated rings. The van der Waals surface area contributed by atoms with Crippen LogP contribution in [0.4, 0.5) is 5.69 Å². The summed E-state index contributed by atoms with van der Waals surface area (Å²) < 4.78 is 0. The Morgan fingerprint density at radius 1 is 1.24 bits per heavy atom. The fourth-order valence-corrected chi connectivity index (χ4v) is 3.01. The minimum absolute atomic E-state index is 0.0601. The molecule has 1 aromatic rings. The molecule has 0 unspecified atom stereocenters. The van der Waals surface area contributed by atoms with Crippen molar-refractivity contribution in [3.8, 4) is 0 Å². The van der Waals surface area contributed by atoms with Crippen molar-refractivity contribution in [2.24, 2.45) is 5.92 Å². The minimum Gasteiger partial charge on any atom is -0.356 e.